The quantitative estimate of drug-likeness (QED) is 0.444. The molecule has 0 aliphatic carbocycles. The van der Waals surface area contributed by atoms with Gasteiger partial charge in [-0.05, 0) is 28.8 Å². The van der Waals surface area contributed by atoms with Crippen LogP contribution in [0.1, 0.15) is 0 Å². The first kappa shape index (κ1) is 9.33. The van der Waals surface area contributed by atoms with Gasteiger partial charge in [-0.2, -0.15) is 0 Å². The summed E-state index contributed by atoms with van der Waals surface area (Å²) in [5.74, 6) is 0. The monoisotopic (exact) mass is 301 g/mol. The van der Waals surface area contributed by atoms with Gasteiger partial charge in [0.2, 0.25) is 0 Å². The van der Waals surface area contributed by atoms with E-state index in [4.69, 9.17) is 7.85 Å². The Kier molecular flexibility index (Phi) is 2.50. The average Bonchev–Trinajstić information content (AvgIpc) is 2.47. The number of aromatic nitrogens is 3. The van der Waals surface area contributed by atoms with Gasteiger partial charge in [-0.25, -0.2) is 4.98 Å². The fraction of sp³-hybridized carbons (Fsp3) is 0.143. The number of thioether (sulfide) groups is 1. The molecular formula is C7H5BIN3S. The first-order chi connectivity index (χ1) is 6.22. The molecule has 0 aliphatic heterocycles. The molecule has 64 valence electrons. The van der Waals surface area contributed by atoms with Crippen molar-refractivity contribution < 1.29 is 0 Å². The molecule has 0 fully saturated rings. The van der Waals surface area contributed by atoms with Crippen molar-refractivity contribution in [2.45, 2.75) is 5.03 Å². The van der Waals surface area contributed by atoms with E-state index in [2.05, 4.69) is 32.6 Å². The first-order valence-electron chi connectivity index (χ1n) is 3.55. The molecule has 2 radical (unpaired) electrons. The van der Waals surface area contributed by atoms with Crippen LogP contribution in [0, 0.1) is 3.70 Å². The summed E-state index contributed by atoms with van der Waals surface area (Å²) in [6.45, 7) is 0. The molecule has 6 heteroatoms. The van der Waals surface area contributed by atoms with Crippen LogP contribution in [-0.4, -0.2) is 28.5 Å². The zero-order valence-corrected chi connectivity index (χ0v) is 9.83. The minimum atomic E-state index is 0.521. The Morgan fingerprint density at radius 2 is 2.38 bits per heavy atom. The van der Waals surface area contributed by atoms with E-state index >= 15 is 0 Å². The van der Waals surface area contributed by atoms with Crippen LogP contribution in [0.2, 0.25) is 0 Å². The third-order valence-electron chi connectivity index (χ3n) is 1.63. The van der Waals surface area contributed by atoms with Gasteiger partial charge in [0, 0.05) is 11.8 Å². The number of rotatable bonds is 1. The van der Waals surface area contributed by atoms with Crippen molar-refractivity contribution >= 4 is 53.4 Å². The lowest BCUT2D eigenvalue weighted by atomic mass is 10.1. The molecule has 13 heavy (non-hydrogen) atoms. The molecule has 0 aromatic carbocycles. The Labute approximate surface area is 94.9 Å². The molecule has 0 aliphatic rings. The van der Waals surface area contributed by atoms with Crippen molar-refractivity contribution in [1.82, 2.24) is 14.4 Å². The average molecular weight is 301 g/mol. The van der Waals surface area contributed by atoms with Crippen molar-refractivity contribution in [3.8, 4) is 0 Å². The van der Waals surface area contributed by atoms with E-state index < -0.39 is 0 Å². The number of nitrogens with zero attached hydrogens (tertiary/aromatic N) is 3. The third-order valence-corrected chi connectivity index (χ3v) is 3.09. The maximum absolute atomic E-state index is 5.65. The zero-order valence-electron chi connectivity index (χ0n) is 6.86. The van der Waals surface area contributed by atoms with Gasteiger partial charge in [0.15, 0.2) is 5.65 Å². The molecule has 0 saturated heterocycles. The number of fused-ring (bicyclic) bond motifs is 1. The van der Waals surface area contributed by atoms with Gasteiger partial charge in [-0.3, -0.25) is 9.38 Å². The molecule has 2 aromatic heterocycles. The maximum atomic E-state index is 5.65. The van der Waals surface area contributed by atoms with Gasteiger partial charge < -0.3 is 0 Å². The highest BCUT2D eigenvalue weighted by atomic mass is 127. The predicted molar refractivity (Wildman–Crippen MR) is 62.9 cm³/mol. The highest BCUT2D eigenvalue weighted by Gasteiger charge is 2.06. The van der Waals surface area contributed by atoms with Crippen LogP contribution in [0.25, 0.3) is 5.65 Å². The Hall–Kier alpha value is -0.235. The second-order valence-corrected chi connectivity index (χ2v) is 4.35. The Morgan fingerprint density at radius 1 is 1.62 bits per heavy atom. The molecule has 3 nitrogen and oxygen atoms in total. The molecule has 0 atom stereocenters. The van der Waals surface area contributed by atoms with E-state index in [-0.39, 0.29) is 0 Å². The summed E-state index contributed by atoms with van der Waals surface area (Å²) in [4.78, 5) is 8.43. The lowest BCUT2D eigenvalue weighted by Crippen LogP contribution is -2.12. The molecule has 2 rings (SSSR count). The van der Waals surface area contributed by atoms with Crippen LogP contribution in [0.5, 0.6) is 0 Å². The standard InChI is InChI=1S/C7H5BIN3S/c1-13-7-6-10-2-5(9)12(6)3-4(8)11-7/h2-3H,1H3. The molecule has 0 saturated carbocycles. The largest absolute Gasteiger partial charge is 0.292 e. The zero-order chi connectivity index (χ0) is 9.42. The summed E-state index contributed by atoms with van der Waals surface area (Å²) in [6, 6.07) is 0. The summed E-state index contributed by atoms with van der Waals surface area (Å²) >= 11 is 3.76. The number of imidazole rings is 1. The van der Waals surface area contributed by atoms with Crippen molar-refractivity contribution in [1.29, 1.82) is 0 Å². The lowest BCUT2D eigenvalue weighted by molar-refractivity contribution is 1.05. The Bertz CT molecular complexity index is 456. The summed E-state index contributed by atoms with van der Waals surface area (Å²) in [6.07, 6.45) is 5.55. The maximum Gasteiger partial charge on any atom is 0.170 e. The number of halogens is 1. The Balaban J connectivity index is 2.84. The highest BCUT2D eigenvalue weighted by Crippen LogP contribution is 2.17. The molecule has 0 amide bonds. The normalized spacial score (nSPS) is 10.9. The van der Waals surface area contributed by atoms with Crippen LogP contribution >= 0.6 is 34.4 Å². The van der Waals surface area contributed by atoms with E-state index in [0.717, 1.165) is 14.4 Å². The molecule has 2 aromatic rings. The van der Waals surface area contributed by atoms with Crippen LogP contribution in [-0.2, 0) is 0 Å². The minimum absolute atomic E-state index is 0.521. The fourth-order valence-corrected chi connectivity index (χ4v) is 2.12. The molecule has 2 heterocycles. The first-order valence-corrected chi connectivity index (χ1v) is 5.86. The smallest absolute Gasteiger partial charge is 0.170 e. The fourth-order valence-electron chi connectivity index (χ4n) is 1.09. The summed E-state index contributed by atoms with van der Waals surface area (Å²) in [7, 11) is 5.65. The lowest BCUT2D eigenvalue weighted by Gasteiger charge is -2.02. The van der Waals surface area contributed by atoms with E-state index in [1.165, 1.54) is 0 Å². The van der Waals surface area contributed by atoms with Crippen LogP contribution in [0.15, 0.2) is 17.4 Å². The number of hydrogen-bond donors (Lipinski definition) is 0. The van der Waals surface area contributed by atoms with Crippen LogP contribution in [0.3, 0.4) is 0 Å². The van der Waals surface area contributed by atoms with Crippen molar-refractivity contribution in [3.63, 3.8) is 0 Å². The second kappa shape index (κ2) is 3.49. The van der Waals surface area contributed by atoms with Gasteiger partial charge in [0.05, 0.1) is 6.20 Å². The van der Waals surface area contributed by atoms with Gasteiger partial charge in [0.1, 0.15) is 16.6 Å². The Morgan fingerprint density at radius 3 is 3.08 bits per heavy atom. The van der Waals surface area contributed by atoms with E-state index in [9.17, 15) is 0 Å². The van der Waals surface area contributed by atoms with Crippen molar-refractivity contribution in [2.24, 2.45) is 0 Å². The summed E-state index contributed by atoms with van der Waals surface area (Å²) < 4.78 is 2.98. The number of hydrogen-bond acceptors (Lipinski definition) is 3. The molecule has 0 bridgehead atoms. The minimum Gasteiger partial charge on any atom is -0.292 e. The second-order valence-electron chi connectivity index (χ2n) is 2.45. The van der Waals surface area contributed by atoms with E-state index in [1.807, 2.05) is 10.7 Å². The highest BCUT2D eigenvalue weighted by molar-refractivity contribution is 14.1. The third kappa shape index (κ3) is 1.57. The topological polar surface area (TPSA) is 30.2 Å². The van der Waals surface area contributed by atoms with Gasteiger partial charge >= 0.3 is 0 Å². The molecule has 0 spiro atoms. The van der Waals surface area contributed by atoms with E-state index in [0.29, 0.717) is 5.59 Å². The predicted octanol–water partition coefficient (Wildman–Crippen LogP) is 0.850. The summed E-state index contributed by atoms with van der Waals surface area (Å²) in [5.41, 5.74) is 1.39. The van der Waals surface area contributed by atoms with Crippen molar-refractivity contribution in [2.75, 3.05) is 6.26 Å². The van der Waals surface area contributed by atoms with Gasteiger partial charge in [-0.15, -0.1) is 11.8 Å². The SMILES string of the molecule is [B]c1cn2c(I)cnc2c(SC)n1. The van der Waals surface area contributed by atoms with Gasteiger partial charge in [0.25, 0.3) is 0 Å². The van der Waals surface area contributed by atoms with Crippen molar-refractivity contribution in [3.05, 3.63) is 16.1 Å². The molecule has 0 N–H and O–H groups in total. The van der Waals surface area contributed by atoms with E-state index in [1.54, 1.807) is 24.2 Å². The van der Waals surface area contributed by atoms with Gasteiger partial charge in [-0.1, -0.05) is 0 Å². The molecular weight excluding hydrogens is 296 g/mol. The summed E-state index contributed by atoms with van der Waals surface area (Å²) in [5, 5.41) is 0.864. The van der Waals surface area contributed by atoms with Crippen LogP contribution in [0.4, 0.5) is 0 Å². The molecule has 0 unspecified atom stereocenters. The van der Waals surface area contributed by atoms with Crippen LogP contribution < -0.4 is 5.59 Å².